The minimum absolute atomic E-state index is 0. The maximum absolute atomic E-state index is 8.63. The molecule has 2 unspecified atom stereocenters. The van der Waals surface area contributed by atoms with Crippen LogP contribution in [0, 0.1) is 0 Å². The second-order valence-electron chi connectivity index (χ2n) is 1.54. The van der Waals surface area contributed by atoms with Gasteiger partial charge >= 0.3 is 0 Å². The normalized spacial score (nSPS) is 14.3. The van der Waals surface area contributed by atoms with Crippen LogP contribution in [0.4, 0.5) is 0 Å². The van der Waals surface area contributed by atoms with E-state index >= 15 is 0 Å². The van der Waals surface area contributed by atoms with E-state index < -0.39 is 12.4 Å². The monoisotopic (exact) mass is 174 g/mol. The molecule has 2 atom stereocenters. The Morgan fingerprint density at radius 1 is 1.33 bits per heavy atom. The van der Waals surface area contributed by atoms with Crippen molar-refractivity contribution in [3.05, 3.63) is 0 Å². The van der Waals surface area contributed by atoms with Gasteiger partial charge in [-0.05, 0) is 12.8 Å². The van der Waals surface area contributed by atoms with Gasteiger partial charge in [0, 0.05) is 0 Å². The molecule has 0 heterocycles. The fourth-order valence-electron chi connectivity index (χ4n) is 0.315. The van der Waals surface area contributed by atoms with Crippen LogP contribution in [-0.4, -0.2) is 40.5 Å². The van der Waals surface area contributed by atoms with E-state index in [0.29, 0.717) is 14.7 Å². The molecule has 0 aromatic carbocycles. The molecule has 0 aromatic heterocycles. The van der Waals surface area contributed by atoms with Gasteiger partial charge in [-0.25, -0.2) is 0 Å². The fourth-order valence-corrected chi connectivity index (χ4v) is 0.944. The minimum atomic E-state index is -1.57. The van der Waals surface area contributed by atoms with Crippen LogP contribution >= 0.6 is 21.0 Å². The number of aliphatic hydroxyl groups excluding tert-OH is 2. The second-order valence-corrected chi connectivity index (χ2v) is 2.65. The molecule has 0 radical (unpaired) electrons. The van der Waals surface area contributed by atoms with Gasteiger partial charge in [-0.1, -0.05) is 0 Å². The molecule has 0 aliphatic heterocycles. The number of rotatable bonds is 3. The zero-order chi connectivity index (χ0) is 6.57. The maximum atomic E-state index is 8.63. The number of aliphatic hydroxyl groups is 3. The van der Waals surface area contributed by atoms with Gasteiger partial charge in [-0.3, -0.25) is 0 Å². The SMILES string of the molecule is CPCC(O)C(O)O.Cl. The predicted octanol–water partition coefficient (Wildman–Crippen LogP) is -0.612. The molecular formula is C4H12ClO3P. The molecule has 0 aliphatic carbocycles. The molecule has 0 fully saturated rings. The van der Waals surface area contributed by atoms with Crippen LogP contribution in [0.2, 0.25) is 0 Å². The third-order valence-corrected chi connectivity index (χ3v) is 1.58. The third kappa shape index (κ3) is 6.49. The van der Waals surface area contributed by atoms with Gasteiger partial charge in [-0.15, -0.1) is 21.0 Å². The summed E-state index contributed by atoms with van der Waals surface area (Å²) < 4.78 is 0. The summed E-state index contributed by atoms with van der Waals surface area (Å²) in [5.41, 5.74) is 0. The second kappa shape index (κ2) is 6.72. The average Bonchev–Trinajstić information content (AvgIpc) is 1.67. The Morgan fingerprint density at radius 2 is 1.78 bits per heavy atom. The summed E-state index contributed by atoms with van der Waals surface area (Å²) in [7, 11) is 0.561. The molecule has 5 heteroatoms. The summed E-state index contributed by atoms with van der Waals surface area (Å²) in [6, 6.07) is 0. The predicted molar refractivity (Wildman–Crippen MR) is 40.6 cm³/mol. The Morgan fingerprint density at radius 3 is 1.89 bits per heavy atom. The number of halogens is 1. The maximum Gasteiger partial charge on any atom is 0.178 e. The molecule has 0 aliphatic rings. The molecule has 58 valence electrons. The summed E-state index contributed by atoms with van der Waals surface area (Å²) >= 11 is 0. The van der Waals surface area contributed by atoms with Gasteiger partial charge < -0.3 is 15.3 Å². The van der Waals surface area contributed by atoms with E-state index in [1.165, 1.54) is 0 Å². The van der Waals surface area contributed by atoms with Gasteiger partial charge in [0.05, 0.1) is 0 Å². The van der Waals surface area contributed by atoms with Crippen molar-refractivity contribution in [3.63, 3.8) is 0 Å². The highest BCUT2D eigenvalue weighted by Crippen LogP contribution is 2.05. The smallest absolute Gasteiger partial charge is 0.178 e. The van der Waals surface area contributed by atoms with Crippen LogP contribution < -0.4 is 0 Å². The lowest BCUT2D eigenvalue weighted by molar-refractivity contribution is -0.112. The highest BCUT2D eigenvalue weighted by Gasteiger charge is 2.09. The van der Waals surface area contributed by atoms with Crippen molar-refractivity contribution in [2.24, 2.45) is 0 Å². The standard InChI is InChI=1S/C4H11O3P.ClH/c1-8-2-3(5)4(6)7;/h3-8H,2H2,1H3;1H. The summed E-state index contributed by atoms with van der Waals surface area (Å²) in [5, 5.41) is 25.2. The van der Waals surface area contributed by atoms with Crippen molar-refractivity contribution >= 4 is 21.0 Å². The van der Waals surface area contributed by atoms with Crippen molar-refractivity contribution in [3.8, 4) is 0 Å². The molecule has 0 saturated heterocycles. The van der Waals surface area contributed by atoms with Crippen molar-refractivity contribution in [2.45, 2.75) is 12.4 Å². The van der Waals surface area contributed by atoms with Crippen LogP contribution in [-0.2, 0) is 0 Å². The molecule has 0 spiro atoms. The van der Waals surface area contributed by atoms with Gasteiger partial charge in [0.1, 0.15) is 6.10 Å². The Labute approximate surface area is 62.3 Å². The summed E-state index contributed by atoms with van der Waals surface area (Å²) in [4.78, 5) is 0. The topological polar surface area (TPSA) is 60.7 Å². The number of hydrogen-bond donors (Lipinski definition) is 3. The number of hydrogen-bond acceptors (Lipinski definition) is 3. The summed E-state index contributed by atoms with van der Waals surface area (Å²) in [5.74, 6) is 0. The van der Waals surface area contributed by atoms with E-state index in [1.54, 1.807) is 0 Å². The van der Waals surface area contributed by atoms with Crippen molar-refractivity contribution < 1.29 is 15.3 Å². The molecule has 3 N–H and O–H groups in total. The quantitative estimate of drug-likeness (QED) is 0.395. The molecule has 3 nitrogen and oxygen atoms in total. The van der Waals surface area contributed by atoms with Gasteiger partial charge in [0.15, 0.2) is 6.29 Å². The zero-order valence-electron chi connectivity index (χ0n) is 5.11. The summed E-state index contributed by atoms with van der Waals surface area (Å²) in [6.45, 7) is 1.89. The zero-order valence-corrected chi connectivity index (χ0v) is 6.93. The van der Waals surface area contributed by atoms with E-state index in [4.69, 9.17) is 15.3 Å². The molecule has 0 aromatic rings. The molecule has 0 saturated carbocycles. The van der Waals surface area contributed by atoms with E-state index in [0.717, 1.165) is 0 Å². The van der Waals surface area contributed by atoms with E-state index in [1.807, 2.05) is 6.66 Å². The fraction of sp³-hybridized carbons (Fsp3) is 1.00. The average molecular weight is 175 g/mol. The van der Waals surface area contributed by atoms with Gasteiger partial charge in [-0.2, -0.15) is 0 Å². The lowest BCUT2D eigenvalue weighted by Gasteiger charge is -2.09. The van der Waals surface area contributed by atoms with Crippen LogP contribution in [0.3, 0.4) is 0 Å². The Balaban J connectivity index is 0. The largest absolute Gasteiger partial charge is 0.387 e. The third-order valence-electron chi connectivity index (χ3n) is 0.757. The van der Waals surface area contributed by atoms with Crippen LogP contribution in [0.1, 0.15) is 0 Å². The van der Waals surface area contributed by atoms with Crippen molar-refractivity contribution in [2.75, 3.05) is 12.8 Å². The highest BCUT2D eigenvalue weighted by molar-refractivity contribution is 7.37. The van der Waals surface area contributed by atoms with E-state index in [9.17, 15) is 0 Å². The summed E-state index contributed by atoms with van der Waals surface area (Å²) in [6.07, 6.45) is -2.06. The molecule has 0 bridgehead atoms. The van der Waals surface area contributed by atoms with Crippen LogP contribution in [0.25, 0.3) is 0 Å². The lowest BCUT2D eigenvalue weighted by Crippen LogP contribution is -2.26. The van der Waals surface area contributed by atoms with E-state index in [-0.39, 0.29) is 12.4 Å². The molecule has 0 rings (SSSR count). The first-order chi connectivity index (χ1) is 3.68. The first-order valence-corrected chi connectivity index (χ1v) is 4.08. The van der Waals surface area contributed by atoms with Crippen molar-refractivity contribution in [1.29, 1.82) is 0 Å². The lowest BCUT2D eigenvalue weighted by atomic mass is 10.4. The highest BCUT2D eigenvalue weighted by atomic mass is 35.5. The Kier molecular flexibility index (Phi) is 9.17. The first-order valence-electron chi connectivity index (χ1n) is 2.37. The van der Waals surface area contributed by atoms with Crippen molar-refractivity contribution in [1.82, 2.24) is 0 Å². The van der Waals surface area contributed by atoms with Crippen LogP contribution in [0.15, 0.2) is 0 Å². The first kappa shape index (κ1) is 12.3. The minimum Gasteiger partial charge on any atom is -0.387 e. The van der Waals surface area contributed by atoms with Gasteiger partial charge in [0.25, 0.3) is 0 Å². The molecule has 0 amide bonds. The van der Waals surface area contributed by atoms with E-state index in [2.05, 4.69) is 0 Å². The molecule has 9 heavy (non-hydrogen) atoms. The molecular weight excluding hydrogens is 162 g/mol. The van der Waals surface area contributed by atoms with Crippen LogP contribution in [0.5, 0.6) is 0 Å². The van der Waals surface area contributed by atoms with Gasteiger partial charge in [0.2, 0.25) is 0 Å². The Bertz CT molecular complexity index is 61.8. The Hall–Kier alpha value is 0.600.